The van der Waals surface area contributed by atoms with E-state index in [9.17, 15) is 9.90 Å². The highest BCUT2D eigenvalue weighted by molar-refractivity contribution is 6.27. The molecule has 1 aliphatic heterocycles. The van der Waals surface area contributed by atoms with Crippen LogP contribution >= 0.6 is 0 Å². The van der Waals surface area contributed by atoms with Crippen molar-refractivity contribution in [2.24, 2.45) is 11.8 Å². The average Bonchev–Trinajstić information content (AvgIpc) is 3.00. The molecule has 0 aromatic rings. The number of amides is 1. The van der Waals surface area contributed by atoms with E-state index < -0.39 is 19.0 Å². The highest BCUT2D eigenvalue weighted by atomic mass is 28.2. The molecule has 0 bridgehead atoms. The molecule has 1 aliphatic rings. The van der Waals surface area contributed by atoms with Crippen LogP contribution in [0.15, 0.2) is 0 Å². The van der Waals surface area contributed by atoms with Crippen molar-refractivity contribution in [3.05, 3.63) is 0 Å². The molecule has 5 unspecified atom stereocenters. The monoisotopic (exact) mass is 403 g/mol. The van der Waals surface area contributed by atoms with Crippen LogP contribution in [0.4, 0.5) is 0 Å². The highest BCUT2D eigenvalue weighted by Gasteiger charge is 2.35. The van der Waals surface area contributed by atoms with Crippen molar-refractivity contribution < 1.29 is 25.2 Å². The van der Waals surface area contributed by atoms with Gasteiger partial charge in [-0.3, -0.25) is 4.79 Å². The number of aliphatic hydroxyl groups is 1. The molecule has 7 heteroatoms. The van der Waals surface area contributed by atoms with Gasteiger partial charge in [-0.25, -0.2) is 0 Å². The molecular formula is C20H39NO5Si. The van der Waals surface area contributed by atoms with Crippen LogP contribution in [-0.2, 0) is 18.7 Å². The van der Waals surface area contributed by atoms with Crippen molar-refractivity contribution >= 4 is 15.7 Å². The number of hydrogen-bond acceptors (Lipinski definition) is 5. The van der Waals surface area contributed by atoms with Gasteiger partial charge in [0.05, 0.1) is 13.6 Å². The van der Waals surface area contributed by atoms with Gasteiger partial charge in [0, 0.05) is 13.0 Å². The van der Waals surface area contributed by atoms with Crippen molar-refractivity contribution in [2.45, 2.75) is 90.8 Å². The van der Waals surface area contributed by atoms with E-state index in [-0.39, 0.29) is 24.5 Å². The Balaban J connectivity index is 2.12. The number of unbranched alkanes of at least 4 members (excludes halogenated alkanes) is 1. The Morgan fingerprint density at radius 3 is 2.59 bits per heavy atom. The Morgan fingerprint density at radius 1 is 1.37 bits per heavy atom. The third kappa shape index (κ3) is 8.19. The Morgan fingerprint density at radius 2 is 2.04 bits per heavy atom. The van der Waals surface area contributed by atoms with Gasteiger partial charge >= 0.3 is 0 Å². The Kier molecular flexibility index (Phi) is 10.9. The van der Waals surface area contributed by atoms with Gasteiger partial charge in [0.15, 0.2) is 6.29 Å². The molecule has 1 fully saturated rings. The zero-order chi connectivity index (χ0) is 21.2. The van der Waals surface area contributed by atoms with Crippen LogP contribution in [0.5, 0.6) is 0 Å². The second-order valence-corrected chi connectivity index (χ2v) is 8.63. The van der Waals surface area contributed by atoms with Crippen molar-refractivity contribution in [3.8, 4) is 0 Å². The fourth-order valence-corrected chi connectivity index (χ4v) is 4.30. The quantitative estimate of drug-likeness (QED) is 0.344. The summed E-state index contributed by atoms with van der Waals surface area (Å²) in [4.78, 5) is 11.8. The van der Waals surface area contributed by atoms with Crippen LogP contribution in [0.25, 0.3) is 0 Å². The van der Waals surface area contributed by atoms with E-state index in [1.54, 1.807) is 0 Å². The van der Waals surface area contributed by atoms with Crippen LogP contribution in [0, 0.1) is 11.8 Å². The molecule has 0 spiro atoms. The van der Waals surface area contributed by atoms with Crippen molar-refractivity contribution in [3.63, 3.8) is 0 Å². The zero-order valence-corrected chi connectivity index (χ0v) is 18.6. The number of ether oxygens (including phenoxy) is 2. The van der Waals surface area contributed by atoms with Crippen LogP contribution in [0.1, 0.15) is 68.1 Å². The molecule has 0 aromatic carbocycles. The SMILES string of the molecule is [3H]C1CC(OCC(=O)NCCCC[Si]OC(C)(C(C)CC)C(C)CC)C(O)O1. The fraction of sp³-hybridized carbons (Fsp3) is 0.950. The van der Waals surface area contributed by atoms with E-state index in [0.29, 0.717) is 28.1 Å². The third-order valence-electron chi connectivity index (χ3n) is 5.81. The van der Waals surface area contributed by atoms with Crippen LogP contribution in [0.3, 0.4) is 0 Å². The van der Waals surface area contributed by atoms with Gasteiger partial charge in [-0.2, -0.15) is 0 Å². The molecule has 1 heterocycles. The lowest BCUT2D eigenvalue weighted by atomic mass is 9.78. The van der Waals surface area contributed by atoms with Gasteiger partial charge in [-0.05, 0) is 31.2 Å². The van der Waals surface area contributed by atoms with E-state index >= 15 is 0 Å². The number of carbonyl (C=O) groups excluding carboxylic acids is 1. The maximum absolute atomic E-state index is 11.8. The summed E-state index contributed by atoms with van der Waals surface area (Å²) in [5.74, 6) is 0.854. The van der Waals surface area contributed by atoms with E-state index in [4.69, 9.17) is 15.3 Å². The summed E-state index contributed by atoms with van der Waals surface area (Å²) >= 11 is 0. The van der Waals surface area contributed by atoms with E-state index in [1.165, 1.54) is 0 Å². The largest absolute Gasteiger partial charge is 0.412 e. The summed E-state index contributed by atoms with van der Waals surface area (Å²) in [6, 6.07) is 1.01. The Hall–Kier alpha value is -0.473. The predicted octanol–water partition coefficient (Wildman–Crippen LogP) is 2.91. The minimum atomic E-state index is -1.12. The molecule has 1 saturated heterocycles. The van der Waals surface area contributed by atoms with Crippen LogP contribution < -0.4 is 5.32 Å². The Labute approximate surface area is 169 Å². The summed E-state index contributed by atoms with van der Waals surface area (Å²) in [5.41, 5.74) is -0.0694. The summed E-state index contributed by atoms with van der Waals surface area (Å²) in [7, 11) is 0.482. The molecule has 1 amide bonds. The van der Waals surface area contributed by atoms with Crippen molar-refractivity contribution in [2.75, 3.05) is 19.7 Å². The lowest BCUT2D eigenvalue weighted by molar-refractivity contribution is -0.143. The topological polar surface area (TPSA) is 77.0 Å². The third-order valence-corrected chi connectivity index (χ3v) is 6.95. The van der Waals surface area contributed by atoms with Gasteiger partial charge in [-0.15, -0.1) is 0 Å². The lowest BCUT2D eigenvalue weighted by Crippen LogP contribution is -2.43. The molecule has 2 radical (unpaired) electrons. The first kappa shape index (κ1) is 22.8. The average molecular weight is 404 g/mol. The maximum atomic E-state index is 11.8. The summed E-state index contributed by atoms with van der Waals surface area (Å²) < 4.78 is 23.9. The van der Waals surface area contributed by atoms with Crippen molar-refractivity contribution in [1.82, 2.24) is 5.32 Å². The lowest BCUT2D eigenvalue weighted by Gasteiger charge is -2.41. The van der Waals surface area contributed by atoms with Gasteiger partial charge in [0.1, 0.15) is 12.7 Å². The molecule has 1 rings (SSSR count). The molecule has 0 aromatic heterocycles. The van der Waals surface area contributed by atoms with Crippen LogP contribution in [-0.4, -0.2) is 58.5 Å². The number of hydrogen-bond donors (Lipinski definition) is 2. The predicted molar refractivity (Wildman–Crippen MR) is 108 cm³/mol. The molecule has 5 atom stereocenters. The molecule has 0 saturated carbocycles. The number of nitrogens with one attached hydrogen (secondary N) is 1. The van der Waals surface area contributed by atoms with Gasteiger partial charge in [0.25, 0.3) is 0 Å². The van der Waals surface area contributed by atoms with E-state index in [2.05, 4.69) is 39.9 Å². The molecule has 158 valence electrons. The maximum Gasteiger partial charge on any atom is 0.246 e. The summed E-state index contributed by atoms with van der Waals surface area (Å²) in [6.07, 6.45) is 2.70. The van der Waals surface area contributed by atoms with Gasteiger partial charge < -0.3 is 24.3 Å². The second-order valence-electron chi connectivity index (χ2n) is 7.63. The zero-order valence-electron chi connectivity index (χ0n) is 18.6. The fourth-order valence-electron chi connectivity index (χ4n) is 3.09. The second kappa shape index (κ2) is 12.9. The minimum absolute atomic E-state index is 0.0694. The molecule has 27 heavy (non-hydrogen) atoms. The molecule has 0 aliphatic carbocycles. The molecule has 2 N–H and O–H groups in total. The first-order valence-corrected chi connectivity index (χ1v) is 11.4. The van der Waals surface area contributed by atoms with E-state index in [0.717, 1.165) is 31.7 Å². The normalized spacial score (nSPS) is 27.6. The van der Waals surface area contributed by atoms with Crippen LogP contribution in [0.2, 0.25) is 6.04 Å². The highest BCUT2D eigenvalue weighted by Crippen LogP contribution is 2.34. The van der Waals surface area contributed by atoms with Gasteiger partial charge in [-0.1, -0.05) is 47.0 Å². The number of rotatable bonds is 14. The summed E-state index contributed by atoms with van der Waals surface area (Å²) in [5, 5.41) is 12.3. The molecule has 6 nitrogen and oxygen atoms in total. The summed E-state index contributed by atoms with van der Waals surface area (Å²) in [6.45, 7) is 10.9. The minimum Gasteiger partial charge on any atom is -0.412 e. The first-order chi connectivity index (χ1) is 13.2. The molecular weight excluding hydrogens is 362 g/mol. The first-order valence-electron chi connectivity index (χ1n) is 10.9. The van der Waals surface area contributed by atoms with Gasteiger partial charge in [0.2, 0.25) is 15.7 Å². The number of aliphatic hydroxyl groups excluding tert-OH is 1. The number of carbonyl (C=O) groups is 1. The Bertz CT molecular complexity index is 446. The smallest absolute Gasteiger partial charge is 0.246 e. The standard InChI is InChI=1S/C20H39NO5Si/c1-6-15(3)20(5,16(4)7-2)26-27-13-9-8-11-21-18(22)14-25-17-10-12-24-19(17)23/h15-17,19,23H,6-14H2,1-5H3,(H,21,22)/i12T. The van der Waals surface area contributed by atoms with Crippen molar-refractivity contribution in [1.29, 1.82) is 0 Å². The van der Waals surface area contributed by atoms with E-state index in [1.807, 2.05) is 0 Å².